The van der Waals surface area contributed by atoms with Gasteiger partial charge in [-0.2, -0.15) is 0 Å². The summed E-state index contributed by atoms with van der Waals surface area (Å²) < 4.78 is 2.23. The van der Waals surface area contributed by atoms with Gasteiger partial charge in [0.2, 0.25) is 0 Å². The third-order valence-electron chi connectivity index (χ3n) is 4.22. The molecular weight excluding hydrogens is 228 g/mol. The molecule has 0 saturated carbocycles. The van der Waals surface area contributed by atoms with Crippen LogP contribution in [0.3, 0.4) is 0 Å². The van der Waals surface area contributed by atoms with Crippen molar-refractivity contribution in [3.8, 4) is 0 Å². The maximum absolute atomic E-state index is 9.68. The molecule has 2 unspecified atom stereocenters. The van der Waals surface area contributed by atoms with E-state index in [1.165, 1.54) is 12.8 Å². The van der Waals surface area contributed by atoms with Crippen LogP contribution in [0, 0.1) is 0 Å². The van der Waals surface area contributed by atoms with Crippen molar-refractivity contribution in [2.75, 3.05) is 6.54 Å². The van der Waals surface area contributed by atoms with E-state index in [1.54, 1.807) is 0 Å². The average molecular weight is 250 g/mol. The molecule has 0 bridgehead atoms. The molecule has 0 aromatic carbocycles. The summed E-state index contributed by atoms with van der Waals surface area (Å²) in [5, 5.41) is 18.4. The number of rotatable bonds is 2. The highest BCUT2D eigenvalue weighted by Crippen LogP contribution is 2.33. The lowest BCUT2D eigenvalue weighted by Gasteiger charge is -2.29. The molecule has 0 aliphatic carbocycles. The molecule has 5 nitrogen and oxygen atoms in total. The lowest BCUT2D eigenvalue weighted by molar-refractivity contribution is 0.137. The molecule has 1 aromatic rings. The Morgan fingerprint density at radius 2 is 2.06 bits per heavy atom. The van der Waals surface area contributed by atoms with Crippen molar-refractivity contribution in [1.29, 1.82) is 0 Å². The number of aromatic nitrogens is 3. The molecule has 0 spiro atoms. The summed E-state index contributed by atoms with van der Waals surface area (Å²) in [6.07, 6.45) is 3.67. The fourth-order valence-electron chi connectivity index (χ4n) is 3.27. The van der Waals surface area contributed by atoms with Crippen molar-refractivity contribution in [3.05, 3.63) is 11.6 Å². The summed E-state index contributed by atoms with van der Waals surface area (Å²) in [5.74, 6) is 2.07. The maximum atomic E-state index is 9.68. The first-order valence-corrected chi connectivity index (χ1v) is 7.02. The molecule has 2 aliphatic heterocycles. The van der Waals surface area contributed by atoms with Gasteiger partial charge in [0.1, 0.15) is 11.6 Å². The van der Waals surface area contributed by atoms with Gasteiger partial charge in [-0.15, -0.1) is 10.2 Å². The van der Waals surface area contributed by atoms with Gasteiger partial charge in [0.25, 0.3) is 0 Å². The lowest BCUT2D eigenvalue weighted by atomic mass is 10.1. The third-order valence-corrected chi connectivity index (χ3v) is 4.22. The van der Waals surface area contributed by atoms with Crippen LogP contribution in [0.15, 0.2) is 0 Å². The molecule has 1 aromatic heterocycles. The van der Waals surface area contributed by atoms with E-state index in [4.69, 9.17) is 0 Å². The Morgan fingerprint density at radius 1 is 1.22 bits per heavy atom. The van der Waals surface area contributed by atoms with Crippen molar-refractivity contribution in [2.45, 2.75) is 64.3 Å². The topological polar surface area (TPSA) is 54.2 Å². The van der Waals surface area contributed by atoms with E-state index in [0.29, 0.717) is 18.5 Å². The molecule has 1 saturated heterocycles. The first-order valence-electron chi connectivity index (χ1n) is 7.02. The molecule has 3 heterocycles. The van der Waals surface area contributed by atoms with Crippen molar-refractivity contribution >= 4 is 0 Å². The number of hydrogen-bond donors (Lipinski definition) is 1. The van der Waals surface area contributed by atoms with Gasteiger partial charge in [-0.25, -0.2) is 0 Å². The SMILES string of the molecule is CC(C)N1CCCC1c1nnc2n1CCC(O)C2. The monoisotopic (exact) mass is 250 g/mol. The van der Waals surface area contributed by atoms with Crippen LogP contribution in [0.4, 0.5) is 0 Å². The molecule has 2 atom stereocenters. The van der Waals surface area contributed by atoms with Crippen LogP contribution in [-0.4, -0.2) is 43.5 Å². The first-order chi connectivity index (χ1) is 8.66. The minimum absolute atomic E-state index is 0.237. The first kappa shape index (κ1) is 12.1. The zero-order chi connectivity index (χ0) is 12.7. The molecule has 100 valence electrons. The Bertz CT molecular complexity index is 429. The zero-order valence-corrected chi connectivity index (χ0v) is 11.2. The number of hydrogen-bond acceptors (Lipinski definition) is 4. The van der Waals surface area contributed by atoms with E-state index in [9.17, 15) is 5.11 Å². The minimum atomic E-state index is -0.237. The average Bonchev–Trinajstić information content (AvgIpc) is 2.92. The van der Waals surface area contributed by atoms with Gasteiger partial charge in [-0.1, -0.05) is 0 Å². The number of likely N-dealkylation sites (tertiary alicyclic amines) is 1. The highest BCUT2D eigenvalue weighted by Gasteiger charge is 2.33. The van der Waals surface area contributed by atoms with Crippen LogP contribution < -0.4 is 0 Å². The summed E-state index contributed by atoms with van der Waals surface area (Å²) in [4.78, 5) is 2.52. The molecule has 0 amide bonds. The number of aliphatic hydroxyl groups excluding tert-OH is 1. The summed E-state index contributed by atoms with van der Waals surface area (Å²) >= 11 is 0. The van der Waals surface area contributed by atoms with Gasteiger partial charge in [0.05, 0.1) is 12.1 Å². The Labute approximate surface area is 108 Å². The molecule has 3 rings (SSSR count). The molecule has 1 N–H and O–H groups in total. The second-order valence-corrected chi connectivity index (χ2v) is 5.76. The normalized spacial score (nSPS) is 28.9. The van der Waals surface area contributed by atoms with E-state index in [0.717, 1.165) is 31.2 Å². The van der Waals surface area contributed by atoms with E-state index < -0.39 is 0 Å². The number of aliphatic hydroxyl groups is 1. The van der Waals surface area contributed by atoms with Gasteiger partial charge >= 0.3 is 0 Å². The van der Waals surface area contributed by atoms with Gasteiger partial charge < -0.3 is 9.67 Å². The van der Waals surface area contributed by atoms with E-state index >= 15 is 0 Å². The Morgan fingerprint density at radius 3 is 2.83 bits per heavy atom. The molecule has 2 aliphatic rings. The number of fused-ring (bicyclic) bond motifs is 1. The Hall–Kier alpha value is -0.940. The van der Waals surface area contributed by atoms with Crippen LogP contribution >= 0.6 is 0 Å². The summed E-state index contributed by atoms with van der Waals surface area (Å²) in [6, 6.07) is 0.973. The molecule has 18 heavy (non-hydrogen) atoms. The Kier molecular flexibility index (Phi) is 3.11. The molecule has 0 radical (unpaired) electrons. The smallest absolute Gasteiger partial charge is 0.150 e. The minimum Gasteiger partial charge on any atom is -0.393 e. The van der Waals surface area contributed by atoms with E-state index in [-0.39, 0.29) is 6.10 Å². The van der Waals surface area contributed by atoms with Crippen molar-refractivity contribution < 1.29 is 5.11 Å². The summed E-state index contributed by atoms with van der Waals surface area (Å²) in [5.41, 5.74) is 0. The highest BCUT2D eigenvalue weighted by molar-refractivity contribution is 5.07. The quantitative estimate of drug-likeness (QED) is 0.855. The second-order valence-electron chi connectivity index (χ2n) is 5.76. The summed E-state index contributed by atoms with van der Waals surface area (Å²) in [6.45, 7) is 6.51. The van der Waals surface area contributed by atoms with Crippen LogP contribution in [0.5, 0.6) is 0 Å². The van der Waals surface area contributed by atoms with Gasteiger partial charge in [-0.05, 0) is 39.7 Å². The highest BCUT2D eigenvalue weighted by atomic mass is 16.3. The molecular formula is C13H22N4O. The fraction of sp³-hybridized carbons (Fsp3) is 0.846. The van der Waals surface area contributed by atoms with Crippen LogP contribution in [-0.2, 0) is 13.0 Å². The van der Waals surface area contributed by atoms with Gasteiger partial charge in [0.15, 0.2) is 0 Å². The predicted octanol–water partition coefficient (Wildman–Crippen LogP) is 1.13. The lowest BCUT2D eigenvalue weighted by Crippen LogP contribution is -2.33. The number of nitrogens with zero attached hydrogens (tertiary/aromatic N) is 4. The standard InChI is InChI=1S/C13H22N4O/c1-9(2)16-6-3-4-11(16)13-15-14-12-8-10(18)5-7-17(12)13/h9-11,18H,3-8H2,1-2H3. The summed E-state index contributed by atoms with van der Waals surface area (Å²) in [7, 11) is 0. The predicted molar refractivity (Wildman–Crippen MR) is 68.2 cm³/mol. The van der Waals surface area contributed by atoms with Crippen molar-refractivity contribution in [1.82, 2.24) is 19.7 Å². The van der Waals surface area contributed by atoms with Crippen molar-refractivity contribution in [2.24, 2.45) is 0 Å². The van der Waals surface area contributed by atoms with Crippen LogP contribution in [0.25, 0.3) is 0 Å². The van der Waals surface area contributed by atoms with Gasteiger partial charge in [-0.3, -0.25) is 4.90 Å². The van der Waals surface area contributed by atoms with Crippen LogP contribution in [0.1, 0.15) is 50.8 Å². The third kappa shape index (κ3) is 1.95. The van der Waals surface area contributed by atoms with Crippen molar-refractivity contribution in [3.63, 3.8) is 0 Å². The zero-order valence-electron chi connectivity index (χ0n) is 11.2. The largest absolute Gasteiger partial charge is 0.393 e. The van der Waals surface area contributed by atoms with E-state index in [1.807, 2.05) is 0 Å². The second kappa shape index (κ2) is 4.63. The van der Waals surface area contributed by atoms with Crippen LogP contribution in [0.2, 0.25) is 0 Å². The molecule has 1 fully saturated rings. The van der Waals surface area contributed by atoms with Gasteiger partial charge in [0, 0.05) is 19.0 Å². The fourth-order valence-corrected chi connectivity index (χ4v) is 3.27. The maximum Gasteiger partial charge on any atom is 0.150 e. The molecule has 5 heteroatoms. The van der Waals surface area contributed by atoms with E-state index in [2.05, 4.69) is 33.5 Å². The Balaban J connectivity index is 1.89.